The zero-order valence-electron chi connectivity index (χ0n) is 10.7. The summed E-state index contributed by atoms with van der Waals surface area (Å²) in [7, 11) is 0. The van der Waals surface area contributed by atoms with E-state index in [9.17, 15) is 0 Å². The van der Waals surface area contributed by atoms with Crippen LogP contribution in [0.1, 0.15) is 11.3 Å². The molecule has 5 heteroatoms. The molecule has 4 nitrogen and oxygen atoms in total. The normalized spacial score (nSPS) is 11.5. The Labute approximate surface area is 123 Å². The fourth-order valence-corrected chi connectivity index (χ4v) is 1.59. The smallest absolute Gasteiger partial charge is 0.184 e. The molecule has 2 rings (SSSR count). The minimum absolute atomic E-state index is 0.117. The summed E-state index contributed by atoms with van der Waals surface area (Å²) < 4.78 is 0. The van der Waals surface area contributed by atoms with Gasteiger partial charge in [0, 0.05) is 6.20 Å². The number of hydrogen-bond donors (Lipinski definition) is 2. The van der Waals surface area contributed by atoms with Crippen molar-refractivity contribution in [2.75, 3.05) is 0 Å². The molecule has 0 radical (unpaired) electrons. The lowest BCUT2D eigenvalue weighted by Gasteiger charge is -2.02. The standard InChI is InChI=1S/C15H14N4S/c16-15(20)19-18-14(13-8-4-5-11-17-13)10-9-12-6-2-1-3-7-12/h1-11H,(H3,16,19,20)/b10-9+,18-14-. The third-order valence-corrected chi connectivity index (χ3v) is 2.54. The van der Waals surface area contributed by atoms with E-state index in [1.54, 1.807) is 6.20 Å². The number of aromatic nitrogens is 1. The SMILES string of the molecule is NC(=S)N/N=C(/C=C/c1ccccc1)c1ccccn1. The predicted molar refractivity (Wildman–Crippen MR) is 86.2 cm³/mol. The van der Waals surface area contributed by atoms with Crippen LogP contribution in [0.3, 0.4) is 0 Å². The molecule has 1 aromatic heterocycles. The minimum Gasteiger partial charge on any atom is -0.375 e. The van der Waals surface area contributed by atoms with Gasteiger partial charge in [-0.3, -0.25) is 10.4 Å². The second kappa shape index (κ2) is 7.16. The molecule has 2 aromatic rings. The number of hydrazone groups is 1. The first-order valence-corrected chi connectivity index (χ1v) is 6.44. The molecule has 0 saturated heterocycles. The summed E-state index contributed by atoms with van der Waals surface area (Å²) in [5.41, 5.74) is 10.5. The molecule has 0 aliphatic carbocycles. The maximum atomic E-state index is 5.39. The van der Waals surface area contributed by atoms with Gasteiger partial charge in [0.25, 0.3) is 0 Å². The number of nitrogens with two attached hydrogens (primary N) is 1. The number of nitrogens with zero attached hydrogens (tertiary/aromatic N) is 2. The van der Waals surface area contributed by atoms with Crippen LogP contribution < -0.4 is 11.2 Å². The summed E-state index contributed by atoms with van der Waals surface area (Å²) >= 11 is 4.76. The lowest BCUT2D eigenvalue weighted by Crippen LogP contribution is -2.25. The summed E-state index contributed by atoms with van der Waals surface area (Å²) in [5, 5.41) is 4.28. The van der Waals surface area contributed by atoms with Crippen molar-refractivity contribution in [3.63, 3.8) is 0 Å². The van der Waals surface area contributed by atoms with Gasteiger partial charge in [0.15, 0.2) is 5.11 Å². The molecule has 0 amide bonds. The van der Waals surface area contributed by atoms with Gasteiger partial charge in [0.2, 0.25) is 0 Å². The highest BCUT2D eigenvalue weighted by Crippen LogP contribution is 2.04. The van der Waals surface area contributed by atoms with Crippen LogP contribution >= 0.6 is 12.2 Å². The fourth-order valence-electron chi connectivity index (χ4n) is 1.55. The molecule has 1 aromatic carbocycles. The van der Waals surface area contributed by atoms with Crippen molar-refractivity contribution >= 4 is 29.1 Å². The Morgan fingerprint density at radius 3 is 2.55 bits per heavy atom. The van der Waals surface area contributed by atoms with Gasteiger partial charge in [-0.2, -0.15) is 5.10 Å². The molecule has 0 fully saturated rings. The Kier molecular flexibility index (Phi) is 4.97. The fraction of sp³-hybridized carbons (Fsp3) is 0. The highest BCUT2D eigenvalue weighted by molar-refractivity contribution is 7.80. The maximum Gasteiger partial charge on any atom is 0.184 e. The first kappa shape index (κ1) is 13.9. The third kappa shape index (κ3) is 4.29. The molecule has 0 spiro atoms. The summed E-state index contributed by atoms with van der Waals surface area (Å²) in [6, 6.07) is 15.6. The Morgan fingerprint density at radius 2 is 1.90 bits per heavy atom. The van der Waals surface area contributed by atoms with E-state index in [0.717, 1.165) is 11.3 Å². The van der Waals surface area contributed by atoms with E-state index in [0.29, 0.717) is 5.71 Å². The molecule has 100 valence electrons. The summed E-state index contributed by atoms with van der Waals surface area (Å²) in [4.78, 5) is 4.26. The van der Waals surface area contributed by atoms with Crippen LogP contribution in [-0.4, -0.2) is 15.8 Å². The lowest BCUT2D eigenvalue weighted by molar-refractivity contribution is 1.03. The second-order valence-corrected chi connectivity index (χ2v) is 4.37. The maximum absolute atomic E-state index is 5.39. The van der Waals surface area contributed by atoms with E-state index in [-0.39, 0.29) is 5.11 Å². The topological polar surface area (TPSA) is 63.3 Å². The highest BCUT2D eigenvalue weighted by atomic mass is 32.1. The first-order valence-electron chi connectivity index (χ1n) is 6.03. The van der Waals surface area contributed by atoms with Crippen molar-refractivity contribution in [1.29, 1.82) is 0 Å². The van der Waals surface area contributed by atoms with E-state index in [1.165, 1.54) is 0 Å². The monoisotopic (exact) mass is 282 g/mol. The predicted octanol–water partition coefficient (Wildman–Crippen LogP) is 2.33. The average molecular weight is 282 g/mol. The molecule has 0 aliphatic rings. The van der Waals surface area contributed by atoms with E-state index in [1.807, 2.05) is 60.7 Å². The van der Waals surface area contributed by atoms with Gasteiger partial charge in [-0.05, 0) is 36.0 Å². The van der Waals surface area contributed by atoms with Crippen LogP contribution in [0.2, 0.25) is 0 Å². The van der Waals surface area contributed by atoms with E-state index < -0.39 is 0 Å². The number of allylic oxidation sites excluding steroid dienone is 1. The van der Waals surface area contributed by atoms with E-state index >= 15 is 0 Å². The van der Waals surface area contributed by atoms with Crippen molar-refractivity contribution in [3.05, 3.63) is 72.1 Å². The van der Waals surface area contributed by atoms with Gasteiger partial charge >= 0.3 is 0 Å². The van der Waals surface area contributed by atoms with E-state index in [2.05, 4.69) is 15.5 Å². The van der Waals surface area contributed by atoms with Crippen LogP contribution in [0.15, 0.2) is 65.9 Å². The number of hydrogen-bond acceptors (Lipinski definition) is 3. The molecule has 0 atom stereocenters. The third-order valence-electron chi connectivity index (χ3n) is 2.45. The van der Waals surface area contributed by atoms with Crippen molar-refractivity contribution in [3.8, 4) is 0 Å². The number of benzene rings is 1. The van der Waals surface area contributed by atoms with Gasteiger partial charge in [0.1, 0.15) is 5.71 Å². The van der Waals surface area contributed by atoms with Crippen molar-refractivity contribution < 1.29 is 0 Å². The molecular formula is C15H14N4S. The number of rotatable bonds is 4. The largest absolute Gasteiger partial charge is 0.375 e. The molecule has 0 aliphatic heterocycles. The lowest BCUT2D eigenvalue weighted by atomic mass is 10.1. The quantitative estimate of drug-likeness (QED) is 0.513. The van der Waals surface area contributed by atoms with Crippen LogP contribution in [0.4, 0.5) is 0 Å². The summed E-state index contributed by atoms with van der Waals surface area (Å²) in [6.07, 6.45) is 5.53. The number of thiocarbonyl (C=S) groups is 1. The molecule has 0 bridgehead atoms. The Bertz CT molecular complexity index is 621. The molecular weight excluding hydrogens is 268 g/mol. The first-order chi connectivity index (χ1) is 9.75. The van der Waals surface area contributed by atoms with Gasteiger partial charge in [0.05, 0.1) is 5.69 Å². The zero-order valence-corrected chi connectivity index (χ0v) is 11.5. The van der Waals surface area contributed by atoms with Crippen LogP contribution in [0.25, 0.3) is 6.08 Å². The molecule has 3 N–H and O–H groups in total. The zero-order chi connectivity index (χ0) is 14.2. The number of nitrogens with one attached hydrogen (secondary N) is 1. The van der Waals surface area contributed by atoms with Crippen molar-refractivity contribution in [1.82, 2.24) is 10.4 Å². The van der Waals surface area contributed by atoms with Crippen LogP contribution in [0, 0.1) is 0 Å². The van der Waals surface area contributed by atoms with Crippen LogP contribution in [0.5, 0.6) is 0 Å². The highest BCUT2D eigenvalue weighted by Gasteiger charge is 2.00. The van der Waals surface area contributed by atoms with Gasteiger partial charge in [-0.25, -0.2) is 0 Å². The molecule has 0 saturated carbocycles. The Morgan fingerprint density at radius 1 is 1.15 bits per heavy atom. The van der Waals surface area contributed by atoms with Gasteiger partial charge in [-0.1, -0.05) is 42.5 Å². The molecule has 1 heterocycles. The van der Waals surface area contributed by atoms with Crippen molar-refractivity contribution in [2.24, 2.45) is 10.8 Å². The van der Waals surface area contributed by atoms with Crippen LogP contribution in [-0.2, 0) is 0 Å². The second-order valence-electron chi connectivity index (χ2n) is 3.93. The Hall–Kier alpha value is -2.53. The molecule has 0 unspecified atom stereocenters. The average Bonchev–Trinajstić information content (AvgIpc) is 2.49. The van der Waals surface area contributed by atoms with Gasteiger partial charge < -0.3 is 5.73 Å². The number of pyridine rings is 1. The van der Waals surface area contributed by atoms with Crippen molar-refractivity contribution in [2.45, 2.75) is 0 Å². The molecule has 20 heavy (non-hydrogen) atoms. The van der Waals surface area contributed by atoms with E-state index in [4.69, 9.17) is 18.0 Å². The Balaban J connectivity index is 2.26. The summed E-state index contributed by atoms with van der Waals surface area (Å²) in [6.45, 7) is 0. The summed E-state index contributed by atoms with van der Waals surface area (Å²) in [5.74, 6) is 0. The minimum atomic E-state index is 0.117. The van der Waals surface area contributed by atoms with Gasteiger partial charge in [-0.15, -0.1) is 0 Å².